The topological polar surface area (TPSA) is 93.7 Å². The fourth-order valence-electron chi connectivity index (χ4n) is 2.82. The van der Waals surface area contributed by atoms with Gasteiger partial charge in [-0.05, 0) is 54.1 Å². The van der Waals surface area contributed by atoms with Crippen LogP contribution in [0.3, 0.4) is 0 Å². The third kappa shape index (κ3) is 5.16. The monoisotopic (exact) mass is 426 g/mol. The van der Waals surface area contributed by atoms with Gasteiger partial charge in [-0.25, -0.2) is 8.42 Å². The maximum absolute atomic E-state index is 12.6. The molecule has 1 atom stereocenters. The van der Waals surface area contributed by atoms with Crippen molar-refractivity contribution in [1.29, 1.82) is 0 Å². The van der Waals surface area contributed by atoms with Crippen LogP contribution < -0.4 is 14.8 Å². The Morgan fingerprint density at radius 1 is 0.833 bits per heavy atom. The molecule has 0 heterocycles. The minimum atomic E-state index is -3.77. The number of rotatable bonds is 8. The Kier molecular flexibility index (Phi) is 6.71. The van der Waals surface area contributed by atoms with Gasteiger partial charge in [0.05, 0.1) is 12.0 Å². The zero-order valence-electron chi connectivity index (χ0n) is 16.5. The van der Waals surface area contributed by atoms with Gasteiger partial charge in [0.25, 0.3) is 15.9 Å². The Labute approximate surface area is 175 Å². The van der Waals surface area contributed by atoms with Crippen molar-refractivity contribution in [2.45, 2.75) is 11.0 Å². The lowest BCUT2D eigenvalue weighted by Crippen LogP contribution is -2.22. The SMILES string of the molecule is COc1ccc(NS(=O)(=O)c2ccc(NC(=O)C(OC)c3ccccc3)cc2)cc1. The molecule has 0 aliphatic carbocycles. The van der Waals surface area contributed by atoms with Crippen molar-refractivity contribution < 1.29 is 22.7 Å². The predicted molar refractivity (Wildman–Crippen MR) is 115 cm³/mol. The number of nitrogens with one attached hydrogen (secondary N) is 2. The number of carbonyl (C=O) groups is 1. The lowest BCUT2D eigenvalue weighted by Gasteiger charge is -2.16. The summed E-state index contributed by atoms with van der Waals surface area (Å²) in [5.41, 5.74) is 1.60. The number of anilines is 2. The molecule has 2 N–H and O–H groups in total. The molecular weight excluding hydrogens is 404 g/mol. The molecule has 1 unspecified atom stereocenters. The Bertz CT molecular complexity index is 1080. The van der Waals surface area contributed by atoms with E-state index in [1.54, 1.807) is 36.4 Å². The van der Waals surface area contributed by atoms with Gasteiger partial charge in [-0.3, -0.25) is 9.52 Å². The van der Waals surface area contributed by atoms with E-state index in [0.717, 1.165) is 5.56 Å². The van der Waals surface area contributed by atoms with Crippen LogP contribution in [-0.4, -0.2) is 28.5 Å². The van der Waals surface area contributed by atoms with E-state index in [1.165, 1.54) is 38.5 Å². The van der Waals surface area contributed by atoms with E-state index >= 15 is 0 Å². The summed E-state index contributed by atoms with van der Waals surface area (Å²) in [5.74, 6) is 0.276. The van der Waals surface area contributed by atoms with Gasteiger partial charge in [-0.1, -0.05) is 30.3 Å². The van der Waals surface area contributed by atoms with Gasteiger partial charge in [0.1, 0.15) is 5.75 Å². The van der Waals surface area contributed by atoms with Crippen LogP contribution in [0.4, 0.5) is 11.4 Å². The predicted octanol–water partition coefficient (Wildman–Crippen LogP) is 3.82. The maximum atomic E-state index is 12.6. The number of ether oxygens (including phenoxy) is 2. The van der Waals surface area contributed by atoms with Crippen LogP contribution in [0.1, 0.15) is 11.7 Å². The molecule has 0 bridgehead atoms. The summed E-state index contributed by atoms with van der Waals surface area (Å²) in [6, 6.07) is 21.5. The van der Waals surface area contributed by atoms with Crippen LogP contribution in [-0.2, 0) is 19.6 Å². The largest absolute Gasteiger partial charge is 0.497 e. The Balaban J connectivity index is 1.69. The summed E-state index contributed by atoms with van der Waals surface area (Å²) in [6.45, 7) is 0. The van der Waals surface area contributed by atoms with Gasteiger partial charge in [-0.15, -0.1) is 0 Å². The Morgan fingerprint density at radius 2 is 1.43 bits per heavy atom. The van der Waals surface area contributed by atoms with Crippen molar-refractivity contribution in [3.8, 4) is 5.75 Å². The molecule has 156 valence electrons. The first-order chi connectivity index (χ1) is 14.4. The standard InChI is InChI=1S/C22H22N2O5S/c1-28-19-12-8-18(9-13-19)24-30(26,27)20-14-10-17(11-15-20)23-22(25)21(29-2)16-6-4-3-5-7-16/h3-15,21,24H,1-2H3,(H,23,25). The first kappa shape index (κ1) is 21.4. The second-order valence-electron chi connectivity index (χ2n) is 6.37. The summed E-state index contributed by atoms with van der Waals surface area (Å²) >= 11 is 0. The fraction of sp³-hybridized carbons (Fsp3) is 0.136. The summed E-state index contributed by atoms with van der Waals surface area (Å²) in [4.78, 5) is 12.6. The minimum Gasteiger partial charge on any atom is -0.497 e. The zero-order chi connectivity index (χ0) is 21.6. The first-order valence-corrected chi connectivity index (χ1v) is 10.6. The Hall–Kier alpha value is -3.36. The molecule has 3 rings (SSSR count). The van der Waals surface area contributed by atoms with Crippen LogP contribution in [0.5, 0.6) is 5.75 Å². The van der Waals surface area contributed by atoms with Crippen LogP contribution in [0, 0.1) is 0 Å². The van der Waals surface area contributed by atoms with E-state index in [9.17, 15) is 13.2 Å². The molecule has 0 radical (unpaired) electrons. The van der Waals surface area contributed by atoms with Gasteiger partial charge < -0.3 is 14.8 Å². The number of hydrogen-bond acceptors (Lipinski definition) is 5. The van der Waals surface area contributed by atoms with E-state index in [0.29, 0.717) is 17.1 Å². The zero-order valence-corrected chi connectivity index (χ0v) is 17.3. The van der Waals surface area contributed by atoms with Gasteiger partial charge in [0.2, 0.25) is 0 Å². The minimum absolute atomic E-state index is 0.0719. The molecule has 3 aromatic rings. The summed E-state index contributed by atoms with van der Waals surface area (Å²) in [6.07, 6.45) is -0.772. The number of amides is 1. The van der Waals surface area contributed by atoms with Gasteiger partial charge in [0.15, 0.2) is 6.10 Å². The van der Waals surface area contributed by atoms with Crippen LogP contribution in [0.25, 0.3) is 0 Å². The quantitative estimate of drug-likeness (QED) is 0.571. The van der Waals surface area contributed by atoms with Crippen molar-refractivity contribution >= 4 is 27.3 Å². The molecule has 30 heavy (non-hydrogen) atoms. The maximum Gasteiger partial charge on any atom is 0.261 e. The molecule has 3 aromatic carbocycles. The normalized spacial score (nSPS) is 12.1. The third-order valence-corrected chi connectivity index (χ3v) is 5.75. The molecule has 0 saturated heterocycles. The molecule has 0 saturated carbocycles. The summed E-state index contributed by atoms with van der Waals surface area (Å²) in [5, 5.41) is 2.74. The molecule has 0 aliphatic rings. The molecule has 0 aromatic heterocycles. The summed E-state index contributed by atoms with van der Waals surface area (Å²) < 4.78 is 38.0. The van der Waals surface area contributed by atoms with Crippen molar-refractivity contribution in [1.82, 2.24) is 0 Å². The highest BCUT2D eigenvalue weighted by Crippen LogP contribution is 2.22. The molecule has 1 amide bonds. The molecular formula is C22H22N2O5S. The first-order valence-electron chi connectivity index (χ1n) is 9.08. The van der Waals surface area contributed by atoms with E-state index < -0.39 is 16.1 Å². The molecule has 7 nitrogen and oxygen atoms in total. The number of benzene rings is 3. The molecule has 0 aliphatic heterocycles. The number of carbonyl (C=O) groups excluding carboxylic acids is 1. The van der Waals surface area contributed by atoms with Crippen molar-refractivity contribution in [2.24, 2.45) is 0 Å². The van der Waals surface area contributed by atoms with E-state index in [1.807, 2.05) is 18.2 Å². The van der Waals surface area contributed by atoms with Gasteiger partial charge >= 0.3 is 0 Å². The third-order valence-electron chi connectivity index (χ3n) is 4.35. The van der Waals surface area contributed by atoms with Crippen molar-refractivity contribution in [3.63, 3.8) is 0 Å². The van der Waals surface area contributed by atoms with Crippen LogP contribution >= 0.6 is 0 Å². The lowest BCUT2D eigenvalue weighted by molar-refractivity contribution is -0.126. The highest BCUT2D eigenvalue weighted by molar-refractivity contribution is 7.92. The van der Waals surface area contributed by atoms with Gasteiger partial charge in [-0.2, -0.15) is 0 Å². The van der Waals surface area contributed by atoms with Crippen LogP contribution in [0.15, 0.2) is 83.8 Å². The average molecular weight is 426 g/mol. The van der Waals surface area contributed by atoms with E-state index in [-0.39, 0.29) is 10.8 Å². The highest BCUT2D eigenvalue weighted by atomic mass is 32.2. The lowest BCUT2D eigenvalue weighted by atomic mass is 10.1. The van der Waals surface area contributed by atoms with Crippen molar-refractivity contribution in [3.05, 3.63) is 84.4 Å². The average Bonchev–Trinajstić information content (AvgIpc) is 2.76. The summed E-state index contributed by atoms with van der Waals surface area (Å²) in [7, 11) is -0.778. The number of hydrogen-bond donors (Lipinski definition) is 2. The highest BCUT2D eigenvalue weighted by Gasteiger charge is 2.20. The number of methoxy groups -OCH3 is 2. The van der Waals surface area contributed by atoms with Crippen molar-refractivity contribution in [2.75, 3.05) is 24.3 Å². The fourth-order valence-corrected chi connectivity index (χ4v) is 3.88. The second kappa shape index (κ2) is 9.43. The van der Waals surface area contributed by atoms with E-state index in [2.05, 4.69) is 10.0 Å². The number of sulfonamides is 1. The van der Waals surface area contributed by atoms with Gasteiger partial charge in [0, 0.05) is 18.5 Å². The molecule has 0 fully saturated rings. The smallest absolute Gasteiger partial charge is 0.261 e. The molecule has 0 spiro atoms. The van der Waals surface area contributed by atoms with Crippen LogP contribution in [0.2, 0.25) is 0 Å². The molecule has 8 heteroatoms. The van der Waals surface area contributed by atoms with E-state index in [4.69, 9.17) is 9.47 Å². The Morgan fingerprint density at radius 3 is 2.00 bits per heavy atom. The second-order valence-corrected chi connectivity index (χ2v) is 8.06.